The molecule has 0 spiro atoms. The van der Waals surface area contributed by atoms with Crippen LogP contribution in [0.4, 0.5) is 0 Å². The third-order valence-corrected chi connectivity index (χ3v) is 23.0. The second kappa shape index (κ2) is 36.1. The fraction of sp³-hybridized carbons (Fsp3) is 0.821. The van der Waals surface area contributed by atoms with Gasteiger partial charge in [0.1, 0.15) is 72.7 Å². The molecule has 0 aromatic carbocycles. The van der Waals surface area contributed by atoms with Crippen LogP contribution >= 0.6 is 0 Å². The van der Waals surface area contributed by atoms with Crippen LogP contribution in [0.2, 0.25) is 18.1 Å². The van der Waals surface area contributed by atoms with E-state index >= 15 is 19.2 Å². The standard InChI is InChI=1S/C67H123N11O13Si/c1-30-47-62(86)72(21)46(17)61(85)73(22)49(34-38(4)5)58(82)71-52(41(10)11)65(89)74(23)48(33-37(2)3)57(81)68-44(15)56(80)69-45(16)60(84)75(24)50(35-39(6)7)63(87)76(25)51(36-40(8)9)64(88)77(26)53(42(12)13)66(90)78(27)54(59(83)70-47)55(43(14)31-32-79)91-92(28,29)67(18,19)20/h32,37-55H,30-31,33-36H2,1-29H3,(H,68,81)(H,69,80)(H,70,83)(H,71,82)/t43-,44-,45+,46-,47-,48-,49+,50-,51-,52-,53-,54-,55-/m1/s1. The van der Waals surface area contributed by atoms with Crippen molar-refractivity contribution in [1.82, 2.24) is 55.6 Å². The monoisotopic (exact) mass is 1320 g/mol. The van der Waals surface area contributed by atoms with E-state index in [9.17, 15) is 38.4 Å². The number of amides is 11. The molecular formula is C67H123N11O13Si. The molecule has 1 fully saturated rings. The molecule has 1 aliphatic rings. The molecule has 0 aromatic heterocycles. The second-order valence-corrected chi connectivity index (χ2v) is 34.7. The van der Waals surface area contributed by atoms with Crippen molar-refractivity contribution in [2.45, 2.75) is 268 Å². The van der Waals surface area contributed by atoms with Crippen molar-refractivity contribution in [2.75, 3.05) is 49.3 Å². The lowest BCUT2D eigenvalue weighted by Crippen LogP contribution is -2.65. The first-order valence-electron chi connectivity index (χ1n) is 33.3. The van der Waals surface area contributed by atoms with E-state index in [2.05, 4.69) is 21.3 Å². The Morgan fingerprint density at radius 2 is 0.837 bits per heavy atom. The molecule has 0 aromatic rings. The fourth-order valence-corrected chi connectivity index (χ4v) is 12.8. The maximum atomic E-state index is 15.7. The van der Waals surface area contributed by atoms with Gasteiger partial charge < -0.3 is 64.8 Å². The van der Waals surface area contributed by atoms with Crippen molar-refractivity contribution in [3.63, 3.8) is 0 Å². The molecule has 25 heteroatoms. The summed E-state index contributed by atoms with van der Waals surface area (Å²) in [5.41, 5.74) is 0. The lowest BCUT2D eigenvalue weighted by molar-refractivity contribution is -0.157. The van der Waals surface area contributed by atoms with Crippen LogP contribution in [-0.4, -0.2) is 236 Å². The number of nitrogens with one attached hydrogen (secondary N) is 4. The molecule has 0 aliphatic carbocycles. The van der Waals surface area contributed by atoms with Crippen molar-refractivity contribution in [2.24, 2.45) is 41.4 Å². The zero-order chi connectivity index (χ0) is 71.8. The number of carbonyl (C=O) groups excluding carboxylic acids is 12. The van der Waals surface area contributed by atoms with Gasteiger partial charge in [0.05, 0.1) is 6.10 Å². The van der Waals surface area contributed by atoms with Gasteiger partial charge in [0.25, 0.3) is 0 Å². The van der Waals surface area contributed by atoms with Gasteiger partial charge in [-0.15, -0.1) is 0 Å². The first kappa shape index (κ1) is 84.0. The van der Waals surface area contributed by atoms with Crippen LogP contribution in [0, 0.1) is 41.4 Å². The largest absolute Gasteiger partial charge is 0.411 e. The summed E-state index contributed by atoms with van der Waals surface area (Å²) < 4.78 is 7.11. The normalized spacial score (nSPS) is 26.8. The van der Waals surface area contributed by atoms with Gasteiger partial charge in [-0.1, -0.05) is 118 Å². The van der Waals surface area contributed by atoms with Crippen molar-refractivity contribution < 1.29 is 62.0 Å². The van der Waals surface area contributed by atoms with Gasteiger partial charge >= 0.3 is 0 Å². The molecule has 11 amide bonds. The van der Waals surface area contributed by atoms with Gasteiger partial charge in [-0.05, 0) is 112 Å². The lowest BCUT2D eigenvalue weighted by atomic mass is 9.91. The number of likely N-dealkylation sites (N-methyl/N-ethyl adjacent to an activating group) is 7. The molecular weight excluding hydrogens is 1190 g/mol. The minimum absolute atomic E-state index is 0.00913. The summed E-state index contributed by atoms with van der Waals surface area (Å²) in [6.45, 7) is 39.7. The van der Waals surface area contributed by atoms with Crippen molar-refractivity contribution in [3.8, 4) is 0 Å². The molecule has 0 radical (unpaired) electrons. The zero-order valence-electron chi connectivity index (χ0n) is 61.7. The summed E-state index contributed by atoms with van der Waals surface area (Å²) in [4.78, 5) is 185. The Kier molecular flexibility index (Phi) is 32.9. The Hall–Kier alpha value is -5.98. The molecule has 1 heterocycles. The van der Waals surface area contributed by atoms with E-state index in [1.807, 2.05) is 89.3 Å². The van der Waals surface area contributed by atoms with E-state index in [1.165, 1.54) is 104 Å². The molecule has 0 saturated carbocycles. The second-order valence-electron chi connectivity index (χ2n) is 29.9. The number of nitrogens with zero attached hydrogens (tertiary/aromatic N) is 7. The Balaban J connectivity index is 4.58. The van der Waals surface area contributed by atoms with Gasteiger partial charge in [0.2, 0.25) is 65.0 Å². The summed E-state index contributed by atoms with van der Waals surface area (Å²) in [6.07, 6.45) is 0.0659. The number of carbonyl (C=O) groups is 12. The molecule has 528 valence electrons. The maximum absolute atomic E-state index is 15.7. The Labute approximate surface area is 553 Å². The highest BCUT2D eigenvalue weighted by Gasteiger charge is 2.49. The first-order valence-corrected chi connectivity index (χ1v) is 36.2. The minimum Gasteiger partial charge on any atom is -0.411 e. The van der Waals surface area contributed by atoms with Gasteiger partial charge in [0.15, 0.2) is 8.32 Å². The molecule has 1 aliphatic heterocycles. The van der Waals surface area contributed by atoms with Gasteiger partial charge in [-0.3, -0.25) is 52.7 Å². The molecule has 13 atom stereocenters. The summed E-state index contributed by atoms with van der Waals surface area (Å²) in [6, 6.07) is -13.6. The van der Waals surface area contributed by atoms with Crippen molar-refractivity contribution >= 4 is 79.6 Å². The molecule has 24 nitrogen and oxygen atoms in total. The van der Waals surface area contributed by atoms with E-state index in [1.54, 1.807) is 41.5 Å². The molecule has 4 N–H and O–H groups in total. The van der Waals surface area contributed by atoms with Gasteiger partial charge in [-0.25, -0.2) is 0 Å². The van der Waals surface area contributed by atoms with Crippen LogP contribution in [0.1, 0.15) is 177 Å². The average molecular weight is 1320 g/mol. The quantitative estimate of drug-likeness (QED) is 0.106. The number of rotatable bonds is 17. The SMILES string of the molecule is CC[C@H]1NC(=O)[C@@H]([C@H](O[Si](C)(C)C(C)(C)C)[C@H](C)CC=O)N(C)C(=O)[C@@H](C(C)C)N(C)C(=O)[C@@H](CC(C)C)N(C)C(=O)[C@@H](CC(C)C)N(C)C(=O)[C@H](C)NC(=O)[C@@H](C)NC(=O)[C@@H](CC(C)C)N(C)C(=O)[C@@H](C(C)C)NC(=O)[C@H](CC(C)C)N(C)C(=O)[C@@H](C)N(C)C1=O. The minimum atomic E-state index is -2.89. The number of hydrogen-bond donors (Lipinski definition) is 4. The van der Waals surface area contributed by atoms with Crippen LogP contribution in [0.5, 0.6) is 0 Å². The molecule has 1 rings (SSSR count). The summed E-state index contributed by atoms with van der Waals surface area (Å²) in [5.74, 6) is -9.80. The molecule has 0 unspecified atom stereocenters. The van der Waals surface area contributed by atoms with Crippen LogP contribution in [0.15, 0.2) is 0 Å². The van der Waals surface area contributed by atoms with E-state index in [0.717, 1.165) is 0 Å². The van der Waals surface area contributed by atoms with Crippen LogP contribution in [-0.2, 0) is 62.0 Å². The third kappa shape index (κ3) is 22.3. The fourth-order valence-electron chi connectivity index (χ4n) is 11.4. The van der Waals surface area contributed by atoms with E-state index in [4.69, 9.17) is 4.43 Å². The van der Waals surface area contributed by atoms with Crippen molar-refractivity contribution in [3.05, 3.63) is 0 Å². The summed E-state index contributed by atoms with van der Waals surface area (Å²) in [7, 11) is 7.19. The lowest BCUT2D eigenvalue weighted by Gasteiger charge is -2.46. The van der Waals surface area contributed by atoms with E-state index in [0.29, 0.717) is 6.29 Å². The van der Waals surface area contributed by atoms with Crippen LogP contribution in [0.3, 0.4) is 0 Å². The van der Waals surface area contributed by atoms with Crippen LogP contribution in [0.25, 0.3) is 0 Å². The molecule has 1 saturated heterocycles. The summed E-state index contributed by atoms with van der Waals surface area (Å²) >= 11 is 0. The Bertz CT molecular complexity index is 2560. The van der Waals surface area contributed by atoms with E-state index < -0.39 is 169 Å². The predicted molar refractivity (Wildman–Crippen MR) is 360 cm³/mol. The summed E-state index contributed by atoms with van der Waals surface area (Å²) in [5, 5.41) is 10.7. The first-order chi connectivity index (χ1) is 42.1. The van der Waals surface area contributed by atoms with Crippen molar-refractivity contribution in [1.29, 1.82) is 0 Å². The smallest absolute Gasteiger partial charge is 0.246 e. The van der Waals surface area contributed by atoms with Crippen LogP contribution < -0.4 is 21.3 Å². The number of aldehydes is 1. The Morgan fingerprint density at radius 3 is 1.25 bits per heavy atom. The van der Waals surface area contributed by atoms with Gasteiger partial charge in [-0.2, -0.15) is 0 Å². The Morgan fingerprint density at radius 1 is 0.446 bits per heavy atom. The highest BCUT2D eigenvalue weighted by molar-refractivity contribution is 6.74. The third-order valence-electron chi connectivity index (χ3n) is 18.5. The predicted octanol–water partition coefficient (Wildman–Crippen LogP) is 5.31. The van der Waals surface area contributed by atoms with E-state index in [-0.39, 0.29) is 62.2 Å². The molecule has 0 bridgehead atoms. The highest BCUT2D eigenvalue weighted by atomic mass is 28.4. The highest BCUT2D eigenvalue weighted by Crippen LogP contribution is 2.40. The average Bonchev–Trinajstić information content (AvgIpc) is 0.794. The van der Waals surface area contributed by atoms with Gasteiger partial charge in [0, 0.05) is 55.8 Å². The molecule has 92 heavy (non-hydrogen) atoms. The maximum Gasteiger partial charge on any atom is 0.246 e. The zero-order valence-corrected chi connectivity index (χ0v) is 62.7. The number of hydrogen-bond acceptors (Lipinski definition) is 13. The topological polar surface area (TPSA) is 285 Å².